The minimum absolute atomic E-state index is 0.581. The van der Waals surface area contributed by atoms with Crippen LogP contribution in [0.15, 0.2) is 24.5 Å². The molecule has 0 aromatic carbocycles. The summed E-state index contributed by atoms with van der Waals surface area (Å²) < 4.78 is 5.17. The van der Waals surface area contributed by atoms with E-state index in [4.69, 9.17) is 10.5 Å². The average molecular weight is 326 g/mol. The van der Waals surface area contributed by atoms with Gasteiger partial charge in [-0.2, -0.15) is 0 Å². The van der Waals surface area contributed by atoms with Crippen molar-refractivity contribution in [2.24, 2.45) is 0 Å². The fraction of sp³-hybridized carbons (Fsp3) is 0.412. The Morgan fingerprint density at radius 3 is 2.88 bits per heavy atom. The third-order valence-corrected chi connectivity index (χ3v) is 4.71. The number of hydrogen-bond donors (Lipinski definition) is 2. The van der Waals surface area contributed by atoms with Crippen LogP contribution in [0, 0.1) is 0 Å². The molecule has 0 aliphatic carbocycles. The van der Waals surface area contributed by atoms with Gasteiger partial charge in [0, 0.05) is 56.8 Å². The summed E-state index contributed by atoms with van der Waals surface area (Å²) in [6.45, 7) is 5.61. The molecule has 7 heteroatoms. The predicted molar refractivity (Wildman–Crippen MR) is 96.3 cm³/mol. The van der Waals surface area contributed by atoms with Crippen molar-refractivity contribution in [1.29, 1.82) is 0 Å². The first-order valence-corrected chi connectivity index (χ1v) is 8.25. The van der Waals surface area contributed by atoms with E-state index in [0.29, 0.717) is 5.82 Å². The number of anilines is 2. The van der Waals surface area contributed by atoms with E-state index in [1.165, 1.54) is 0 Å². The molecule has 1 saturated heterocycles. The van der Waals surface area contributed by atoms with Crippen LogP contribution in [0.25, 0.3) is 21.9 Å². The standard InChI is InChI=1S/C17H22N6O/c1-24-10-9-22-5-7-23(8-6-22)15-14-12-3-2-4-19-17(12)21-13(14)11-20-16(15)18/h2-4,11H,5-10H2,1H3,(H2,18,20)(H,19,21). The summed E-state index contributed by atoms with van der Waals surface area (Å²) in [6, 6.07) is 4.04. The largest absolute Gasteiger partial charge is 0.383 e. The van der Waals surface area contributed by atoms with Crippen molar-refractivity contribution in [3.05, 3.63) is 24.5 Å². The molecule has 126 valence electrons. The Labute approximate surface area is 140 Å². The lowest BCUT2D eigenvalue weighted by Crippen LogP contribution is -2.47. The molecule has 3 aromatic heterocycles. The van der Waals surface area contributed by atoms with E-state index in [1.54, 1.807) is 19.5 Å². The maximum absolute atomic E-state index is 6.26. The molecule has 0 amide bonds. The molecule has 3 N–H and O–H groups in total. The van der Waals surface area contributed by atoms with Crippen LogP contribution >= 0.6 is 0 Å². The number of nitrogen functional groups attached to an aromatic ring is 1. The Hall–Kier alpha value is -2.38. The van der Waals surface area contributed by atoms with Gasteiger partial charge in [0.1, 0.15) is 11.5 Å². The van der Waals surface area contributed by atoms with E-state index >= 15 is 0 Å². The van der Waals surface area contributed by atoms with Crippen molar-refractivity contribution >= 4 is 33.4 Å². The molecule has 0 bridgehead atoms. The van der Waals surface area contributed by atoms with Gasteiger partial charge in [0.2, 0.25) is 0 Å². The first kappa shape index (κ1) is 15.2. The number of nitrogens with one attached hydrogen (secondary N) is 1. The van der Waals surface area contributed by atoms with Crippen LogP contribution in [0.3, 0.4) is 0 Å². The zero-order chi connectivity index (χ0) is 16.5. The number of hydrogen-bond acceptors (Lipinski definition) is 6. The molecular weight excluding hydrogens is 304 g/mol. The number of methoxy groups -OCH3 is 1. The number of H-pyrrole nitrogens is 1. The van der Waals surface area contributed by atoms with Crippen LogP contribution in [0.2, 0.25) is 0 Å². The van der Waals surface area contributed by atoms with Crippen molar-refractivity contribution < 1.29 is 4.74 Å². The van der Waals surface area contributed by atoms with Crippen LogP contribution in [0.4, 0.5) is 11.5 Å². The fourth-order valence-electron chi connectivity index (χ4n) is 3.45. The third kappa shape index (κ3) is 2.55. The van der Waals surface area contributed by atoms with Crippen LogP contribution in [0.1, 0.15) is 0 Å². The number of aromatic amines is 1. The maximum atomic E-state index is 6.26. The third-order valence-electron chi connectivity index (χ3n) is 4.71. The zero-order valence-corrected chi connectivity index (χ0v) is 13.8. The number of rotatable bonds is 4. The summed E-state index contributed by atoms with van der Waals surface area (Å²) in [5, 5.41) is 2.22. The summed E-state index contributed by atoms with van der Waals surface area (Å²) in [5.74, 6) is 0.581. The van der Waals surface area contributed by atoms with Crippen molar-refractivity contribution in [1.82, 2.24) is 19.9 Å². The molecule has 0 spiro atoms. The van der Waals surface area contributed by atoms with Crippen molar-refractivity contribution in [3.8, 4) is 0 Å². The van der Waals surface area contributed by atoms with E-state index in [0.717, 1.165) is 67.0 Å². The number of aromatic nitrogens is 3. The Morgan fingerprint density at radius 2 is 2.08 bits per heavy atom. The van der Waals surface area contributed by atoms with Gasteiger partial charge in [0.05, 0.1) is 24.0 Å². The molecule has 0 unspecified atom stereocenters. The normalized spacial score (nSPS) is 16.3. The summed E-state index contributed by atoms with van der Waals surface area (Å²) in [5.41, 5.74) is 9.14. The van der Waals surface area contributed by atoms with E-state index in [9.17, 15) is 0 Å². The van der Waals surface area contributed by atoms with Gasteiger partial charge in [-0.25, -0.2) is 9.97 Å². The lowest BCUT2D eigenvalue weighted by atomic mass is 10.1. The second-order valence-corrected chi connectivity index (χ2v) is 6.13. The lowest BCUT2D eigenvalue weighted by Gasteiger charge is -2.36. The van der Waals surface area contributed by atoms with Crippen LogP contribution in [0.5, 0.6) is 0 Å². The van der Waals surface area contributed by atoms with Gasteiger partial charge in [0.25, 0.3) is 0 Å². The molecule has 0 atom stereocenters. The number of nitrogens with two attached hydrogens (primary N) is 1. The number of fused-ring (bicyclic) bond motifs is 3. The second-order valence-electron chi connectivity index (χ2n) is 6.13. The van der Waals surface area contributed by atoms with E-state index in [2.05, 4.69) is 30.8 Å². The Balaban J connectivity index is 1.70. The van der Waals surface area contributed by atoms with Gasteiger partial charge in [-0.1, -0.05) is 0 Å². The highest BCUT2D eigenvalue weighted by Crippen LogP contribution is 2.36. The molecule has 4 rings (SSSR count). The minimum atomic E-state index is 0.581. The first-order valence-electron chi connectivity index (χ1n) is 8.25. The molecule has 7 nitrogen and oxygen atoms in total. The van der Waals surface area contributed by atoms with Crippen molar-refractivity contribution in [2.75, 3.05) is 57.1 Å². The summed E-state index contributed by atoms with van der Waals surface area (Å²) in [6.07, 6.45) is 3.59. The van der Waals surface area contributed by atoms with Gasteiger partial charge in [-0.3, -0.25) is 4.90 Å². The SMILES string of the molecule is COCCN1CCN(c2c(N)ncc3[nH]c4ncccc4c23)CC1. The molecular formula is C17H22N6O. The van der Waals surface area contributed by atoms with Crippen LogP contribution in [-0.4, -0.2) is 66.3 Å². The number of ether oxygens (including phenoxy) is 1. The summed E-state index contributed by atoms with van der Waals surface area (Å²) in [4.78, 5) is 16.9. The Morgan fingerprint density at radius 1 is 1.25 bits per heavy atom. The first-order chi connectivity index (χ1) is 11.8. The van der Waals surface area contributed by atoms with Crippen molar-refractivity contribution in [2.45, 2.75) is 0 Å². The summed E-state index contributed by atoms with van der Waals surface area (Å²) in [7, 11) is 1.74. The minimum Gasteiger partial charge on any atom is -0.383 e. The number of piperazine rings is 1. The molecule has 3 aromatic rings. The molecule has 1 aliphatic rings. The molecule has 24 heavy (non-hydrogen) atoms. The molecule has 0 radical (unpaired) electrons. The monoisotopic (exact) mass is 326 g/mol. The van der Waals surface area contributed by atoms with E-state index in [1.807, 2.05) is 6.07 Å². The quantitative estimate of drug-likeness (QED) is 0.755. The van der Waals surface area contributed by atoms with Gasteiger partial charge >= 0.3 is 0 Å². The highest BCUT2D eigenvalue weighted by molar-refractivity contribution is 6.14. The highest BCUT2D eigenvalue weighted by Gasteiger charge is 2.22. The zero-order valence-electron chi connectivity index (χ0n) is 13.8. The fourth-order valence-corrected chi connectivity index (χ4v) is 3.45. The van der Waals surface area contributed by atoms with Crippen LogP contribution < -0.4 is 10.6 Å². The Kier molecular flexibility index (Phi) is 3.95. The number of pyridine rings is 2. The highest BCUT2D eigenvalue weighted by atomic mass is 16.5. The summed E-state index contributed by atoms with van der Waals surface area (Å²) >= 11 is 0. The van der Waals surface area contributed by atoms with E-state index < -0.39 is 0 Å². The lowest BCUT2D eigenvalue weighted by molar-refractivity contribution is 0.144. The molecule has 0 saturated carbocycles. The molecule has 1 fully saturated rings. The Bertz CT molecular complexity index is 853. The van der Waals surface area contributed by atoms with E-state index in [-0.39, 0.29) is 0 Å². The van der Waals surface area contributed by atoms with Crippen molar-refractivity contribution in [3.63, 3.8) is 0 Å². The molecule has 4 heterocycles. The maximum Gasteiger partial charge on any atom is 0.147 e. The average Bonchev–Trinajstić information content (AvgIpc) is 2.99. The van der Waals surface area contributed by atoms with Crippen LogP contribution in [-0.2, 0) is 4.74 Å². The second kappa shape index (κ2) is 6.26. The molecule has 1 aliphatic heterocycles. The topological polar surface area (TPSA) is 83.3 Å². The predicted octanol–water partition coefficient (Wildman–Crippen LogP) is 1.46. The van der Waals surface area contributed by atoms with Gasteiger partial charge < -0.3 is 20.4 Å². The van der Waals surface area contributed by atoms with Gasteiger partial charge in [-0.15, -0.1) is 0 Å². The van der Waals surface area contributed by atoms with Gasteiger partial charge in [-0.05, 0) is 12.1 Å². The van der Waals surface area contributed by atoms with Gasteiger partial charge in [0.15, 0.2) is 0 Å². The number of nitrogens with zero attached hydrogens (tertiary/aromatic N) is 4. The smallest absolute Gasteiger partial charge is 0.147 e.